The first-order valence-corrected chi connectivity index (χ1v) is 9.86. The topological polar surface area (TPSA) is 63.0 Å². The second kappa shape index (κ2) is 7.70. The van der Waals surface area contributed by atoms with E-state index in [1.54, 1.807) is 0 Å². The fourth-order valence-corrected chi connectivity index (χ4v) is 4.14. The van der Waals surface area contributed by atoms with Gasteiger partial charge in [-0.05, 0) is 57.8 Å². The number of aryl methyl sites for hydroxylation is 1. The van der Waals surface area contributed by atoms with Gasteiger partial charge in [-0.25, -0.2) is 0 Å². The summed E-state index contributed by atoms with van der Waals surface area (Å²) in [7, 11) is 2.12. The molecule has 0 N–H and O–H groups in total. The predicted molar refractivity (Wildman–Crippen MR) is 101 cm³/mol. The zero-order chi connectivity index (χ0) is 17.9. The summed E-state index contributed by atoms with van der Waals surface area (Å²) >= 11 is 0. The van der Waals surface area contributed by atoms with Gasteiger partial charge in [0.2, 0.25) is 0 Å². The first-order valence-electron chi connectivity index (χ1n) is 9.86. The summed E-state index contributed by atoms with van der Waals surface area (Å²) in [5, 5.41) is 17.7. The molecule has 2 aliphatic rings. The van der Waals surface area contributed by atoms with Crippen molar-refractivity contribution in [2.75, 3.05) is 31.1 Å². The molecule has 0 saturated carbocycles. The zero-order valence-electron chi connectivity index (χ0n) is 15.9. The van der Waals surface area contributed by atoms with Gasteiger partial charge in [0.15, 0.2) is 5.82 Å². The van der Waals surface area contributed by atoms with Crippen LogP contribution in [0.5, 0.6) is 0 Å². The van der Waals surface area contributed by atoms with Crippen molar-refractivity contribution in [1.29, 1.82) is 0 Å². The highest BCUT2D eigenvalue weighted by Gasteiger charge is 2.27. The molecule has 0 spiro atoms. The van der Waals surface area contributed by atoms with Crippen molar-refractivity contribution < 1.29 is 0 Å². The fraction of sp³-hybridized carbons (Fsp3) is 0.684. The van der Waals surface area contributed by atoms with E-state index in [0.29, 0.717) is 5.92 Å². The highest BCUT2D eigenvalue weighted by molar-refractivity contribution is 5.38. The van der Waals surface area contributed by atoms with Crippen LogP contribution in [0, 0.1) is 6.92 Å². The highest BCUT2D eigenvalue weighted by Crippen LogP contribution is 2.28. The second-order valence-electron chi connectivity index (χ2n) is 7.69. The second-order valence-corrected chi connectivity index (χ2v) is 7.69. The minimum absolute atomic E-state index is 0.402. The molecule has 1 atom stereocenters. The molecule has 26 heavy (non-hydrogen) atoms. The number of hydrogen-bond donors (Lipinski definition) is 0. The van der Waals surface area contributed by atoms with Gasteiger partial charge in [0.1, 0.15) is 11.6 Å². The van der Waals surface area contributed by atoms with Crippen molar-refractivity contribution in [3.05, 3.63) is 29.5 Å². The van der Waals surface area contributed by atoms with Crippen LogP contribution in [0.3, 0.4) is 0 Å². The first kappa shape index (κ1) is 17.4. The number of likely N-dealkylation sites (tertiary alicyclic amines) is 1. The smallest absolute Gasteiger partial charge is 0.151 e. The summed E-state index contributed by atoms with van der Waals surface area (Å²) < 4.78 is 2.23. The Morgan fingerprint density at radius 2 is 1.81 bits per heavy atom. The number of nitrogens with zero attached hydrogens (tertiary/aromatic N) is 7. The number of anilines is 1. The minimum atomic E-state index is 0.402. The fourth-order valence-electron chi connectivity index (χ4n) is 4.14. The molecule has 0 bridgehead atoms. The summed E-state index contributed by atoms with van der Waals surface area (Å²) in [5.74, 6) is 3.58. The molecule has 0 amide bonds. The molecule has 0 radical (unpaired) electrons. The molecular formula is C19H29N7. The van der Waals surface area contributed by atoms with Crippen molar-refractivity contribution in [2.45, 2.75) is 51.5 Å². The van der Waals surface area contributed by atoms with Gasteiger partial charge in [0.25, 0.3) is 0 Å². The summed E-state index contributed by atoms with van der Waals surface area (Å²) in [6.45, 7) is 7.24. The number of piperidine rings is 2. The van der Waals surface area contributed by atoms with Crippen LogP contribution in [0.25, 0.3) is 0 Å². The Morgan fingerprint density at radius 3 is 2.58 bits per heavy atom. The minimum Gasteiger partial charge on any atom is -0.354 e. The van der Waals surface area contributed by atoms with Crippen molar-refractivity contribution in [3.63, 3.8) is 0 Å². The molecule has 2 aromatic rings. The maximum atomic E-state index is 4.57. The van der Waals surface area contributed by atoms with Gasteiger partial charge in [0.05, 0.1) is 12.2 Å². The van der Waals surface area contributed by atoms with Gasteiger partial charge in [-0.2, -0.15) is 5.10 Å². The Bertz CT molecular complexity index is 718. The van der Waals surface area contributed by atoms with Gasteiger partial charge >= 0.3 is 0 Å². The van der Waals surface area contributed by atoms with Gasteiger partial charge in [-0.1, -0.05) is 6.42 Å². The van der Waals surface area contributed by atoms with Crippen LogP contribution in [-0.4, -0.2) is 56.0 Å². The molecule has 4 rings (SSSR count). The van der Waals surface area contributed by atoms with Crippen molar-refractivity contribution in [2.24, 2.45) is 7.05 Å². The lowest BCUT2D eigenvalue weighted by Crippen LogP contribution is -2.36. The number of hydrogen-bond acceptors (Lipinski definition) is 6. The molecule has 0 aromatic carbocycles. The third-order valence-electron chi connectivity index (χ3n) is 5.71. The van der Waals surface area contributed by atoms with E-state index in [4.69, 9.17) is 0 Å². The number of aromatic nitrogens is 5. The lowest BCUT2D eigenvalue weighted by atomic mass is 9.97. The molecule has 2 fully saturated rings. The largest absolute Gasteiger partial charge is 0.354 e. The van der Waals surface area contributed by atoms with Crippen molar-refractivity contribution in [1.82, 2.24) is 29.9 Å². The first-order chi connectivity index (χ1) is 12.7. The van der Waals surface area contributed by atoms with Crippen LogP contribution in [0.1, 0.15) is 55.4 Å². The Kier molecular flexibility index (Phi) is 5.15. The van der Waals surface area contributed by atoms with E-state index in [-0.39, 0.29) is 0 Å². The normalized spacial score (nSPS) is 21.9. The lowest BCUT2D eigenvalue weighted by molar-refractivity contribution is 0.213. The van der Waals surface area contributed by atoms with Crippen molar-refractivity contribution in [3.8, 4) is 0 Å². The molecule has 0 unspecified atom stereocenters. The Labute approximate surface area is 155 Å². The molecule has 140 valence electrons. The molecule has 4 heterocycles. The van der Waals surface area contributed by atoms with Crippen molar-refractivity contribution >= 4 is 5.82 Å². The van der Waals surface area contributed by atoms with Crippen LogP contribution in [-0.2, 0) is 13.6 Å². The SMILES string of the molecule is Cc1ccc(N2CCC[C@@H](c3nnc(CN4CCCCC4)n3C)C2)nn1. The molecule has 7 nitrogen and oxygen atoms in total. The molecule has 2 aliphatic heterocycles. The molecule has 2 aromatic heterocycles. The van der Waals surface area contributed by atoms with Gasteiger partial charge < -0.3 is 9.47 Å². The monoisotopic (exact) mass is 355 g/mol. The van der Waals surface area contributed by atoms with Gasteiger partial charge in [0, 0.05) is 26.1 Å². The highest BCUT2D eigenvalue weighted by atomic mass is 15.3. The van der Waals surface area contributed by atoms with E-state index >= 15 is 0 Å². The summed E-state index contributed by atoms with van der Waals surface area (Å²) in [6.07, 6.45) is 6.28. The van der Waals surface area contributed by atoms with Crippen LogP contribution < -0.4 is 4.90 Å². The molecule has 0 aliphatic carbocycles. The predicted octanol–water partition coefficient (Wildman–Crippen LogP) is 2.28. The Balaban J connectivity index is 1.45. The van der Waals surface area contributed by atoms with Crippen LogP contribution >= 0.6 is 0 Å². The number of rotatable bonds is 4. The zero-order valence-corrected chi connectivity index (χ0v) is 15.9. The molecule has 7 heteroatoms. The average Bonchev–Trinajstić information content (AvgIpc) is 3.04. The van der Waals surface area contributed by atoms with Crippen LogP contribution in [0.15, 0.2) is 12.1 Å². The molecule has 2 saturated heterocycles. The maximum absolute atomic E-state index is 4.57. The van der Waals surface area contributed by atoms with E-state index < -0.39 is 0 Å². The maximum Gasteiger partial charge on any atom is 0.151 e. The van der Waals surface area contributed by atoms with E-state index in [1.807, 2.05) is 13.0 Å². The quantitative estimate of drug-likeness (QED) is 0.838. The summed E-state index contributed by atoms with van der Waals surface area (Å²) in [5.41, 5.74) is 0.956. The summed E-state index contributed by atoms with van der Waals surface area (Å²) in [6, 6.07) is 4.11. The lowest BCUT2D eigenvalue weighted by Gasteiger charge is -2.32. The van der Waals surface area contributed by atoms with Gasteiger partial charge in [-0.3, -0.25) is 4.90 Å². The third kappa shape index (κ3) is 3.72. The van der Waals surface area contributed by atoms with Crippen LogP contribution in [0.4, 0.5) is 5.82 Å². The van der Waals surface area contributed by atoms with E-state index in [2.05, 4.69) is 47.9 Å². The molecular weight excluding hydrogens is 326 g/mol. The van der Waals surface area contributed by atoms with E-state index in [1.165, 1.54) is 32.4 Å². The summed E-state index contributed by atoms with van der Waals surface area (Å²) in [4.78, 5) is 4.84. The Hall–Kier alpha value is -2.02. The standard InChI is InChI=1S/C19H29N7/c1-15-8-9-17(21-20-15)26-12-6-7-16(13-26)19-23-22-18(24(19)2)14-25-10-4-3-5-11-25/h8-9,16H,3-7,10-14H2,1-2H3/t16-/m1/s1. The van der Waals surface area contributed by atoms with E-state index in [9.17, 15) is 0 Å². The average molecular weight is 355 g/mol. The Morgan fingerprint density at radius 1 is 0.962 bits per heavy atom. The van der Waals surface area contributed by atoms with Crippen LogP contribution in [0.2, 0.25) is 0 Å². The third-order valence-corrected chi connectivity index (χ3v) is 5.71. The van der Waals surface area contributed by atoms with Gasteiger partial charge in [-0.15, -0.1) is 15.3 Å². The van der Waals surface area contributed by atoms with E-state index in [0.717, 1.165) is 55.6 Å².